The van der Waals surface area contributed by atoms with Crippen molar-refractivity contribution in [2.45, 2.75) is 16.5 Å². The van der Waals surface area contributed by atoms with Gasteiger partial charge in [-0.15, -0.1) is 11.3 Å². The Morgan fingerprint density at radius 1 is 1.45 bits per heavy atom. The van der Waals surface area contributed by atoms with Crippen molar-refractivity contribution in [1.29, 1.82) is 5.26 Å². The van der Waals surface area contributed by atoms with Crippen LogP contribution in [0.5, 0.6) is 0 Å². The summed E-state index contributed by atoms with van der Waals surface area (Å²) in [6, 6.07) is 9.55. The van der Waals surface area contributed by atoms with Gasteiger partial charge in [-0.1, -0.05) is 23.9 Å². The van der Waals surface area contributed by atoms with E-state index in [9.17, 15) is 10.4 Å². The van der Waals surface area contributed by atoms with Gasteiger partial charge in [-0.2, -0.15) is 5.26 Å². The number of allylic oxidation sites excluding steroid dienone is 1. The zero-order chi connectivity index (χ0) is 15.5. The second-order valence-electron chi connectivity index (χ2n) is 4.53. The molecule has 0 aliphatic rings. The molecular formula is C15H12N4OS2. The van der Waals surface area contributed by atoms with E-state index in [0.717, 1.165) is 15.4 Å². The van der Waals surface area contributed by atoms with Crippen molar-refractivity contribution in [2.24, 2.45) is 0 Å². The van der Waals surface area contributed by atoms with Gasteiger partial charge in [0.2, 0.25) is 0 Å². The summed E-state index contributed by atoms with van der Waals surface area (Å²) in [6.07, 6.45) is 1.71. The predicted octanol–water partition coefficient (Wildman–Crippen LogP) is 3.99. The minimum absolute atomic E-state index is 0.00163. The number of nitriles is 1. The fourth-order valence-corrected chi connectivity index (χ4v) is 3.82. The number of hydrogen-bond acceptors (Lipinski definition) is 6. The lowest BCUT2D eigenvalue weighted by molar-refractivity contribution is 0.402. The number of thioether (sulfide) groups is 1. The molecule has 22 heavy (non-hydrogen) atoms. The van der Waals surface area contributed by atoms with Gasteiger partial charge in [0, 0.05) is 11.6 Å². The van der Waals surface area contributed by atoms with Gasteiger partial charge in [0.05, 0.1) is 16.3 Å². The molecule has 1 aromatic carbocycles. The highest BCUT2D eigenvalue weighted by Gasteiger charge is 2.19. The lowest BCUT2D eigenvalue weighted by atomic mass is 10.2. The molecule has 7 heteroatoms. The van der Waals surface area contributed by atoms with E-state index in [4.69, 9.17) is 0 Å². The number of para-hydroxylation sites is 2. The summed E-state index contributed by atoms with van der Waals surface area (Å²) < 4.78 is 0.848. The van der Waals surface area contributed by atoms with Crippen LogP contribution in [0.25, 0.3) is 16.6 Å². The van der Waals surface area contributed by atoms with E-state index in [1.165, 1.54) is 23.1 Å². The van der Waals surface area contributed by atoms with E-state index in [-0.39, 0.29) is 16.6 Å². The molecule has 0 saturated carbocycles. The summed E-state index contributed by atoms with van der Waals surface area (Å²) in [4.78, 5) is 11.6. The number of aromatic amines is 1. The second kappa shape index (κ2) is 6.22. The Morgan fingerprint density at radius 3 is 2.95 bits per heavy atom. The number of imidazole rings is 1. The number of H-pyrrole nitrogens is 1. The van der Waals surface area contributed by atoms with Gasteiger partial charge in [0.25, 0.3) is 0 Å². The molecule has 3 rings (SSSR count). The average molecular weight is 328 g/mol. The number of aliphatic hydroxyl groups is 1. The van der Waals surface area contributed by atoms with Crippen LogP contribution >= 0.6 is 23.1 Å². The normalized spacial score (nSPS) is 13.6. The molecule has 0 bridgehead atoms. The molecule has 2 aromatic heterocycles. The summed E-state index contributed by atoms with van der Waals surface area (Å²) in [7, 11) is 0. The Labute approximate surface area is 135 Å². The van der Waals surface area contributed by atoms with Crippen LogP contribution in [0.15, 0.2) is 45.9 Å². The van der Waals surface area contributed by atoms with Crippen molar-refractivity contribution in [1.82, 2.24) is 15.0 Å². The van der Waals surface area contributed by atoms with E-state index in [0.29, 0.717) is 5.82 Å². The number of fused-ring (bicyclic) bond motifs is 1. The van der Waals surface area contributed by atoms with Gasteiger partial charge in [0.15, 0.2) is 5.82 Å². The van der Waals surface area contributed by atoms with E-state index in [1.54, 1.807) is 6.20 Å². The highest BCUT2D eigenvalue weighted by atomic mass is 32.2. The topological polar surface area (TPSA) is 85.6 Å². The average Bonchev–Trinajstić information content (AvgIpc) is 3.16. The first-order valence-corrected chi connectivity index (χ1v) is 8.29. The molecule has 0 saturated heterocycles. The lowest BCUT2D eigenvalue weighted by Gasteiger charge is -2.09. The van der Waals surface area contributed by atoms with Crippen molar-refractivity contribution in [3.05, 3.63) is 47.4 Å². The Hall–Kier alpha value is -2.30. The third kappa shape index (κ3) is 2.84. The van der Waals surface area contributed by atoms with E-state index < -0.39 is 0 Å². The summed E-state index contributed by atoms with van der Waals surface area (Å²) >= 11 is 2.91. The Morgan fingerprint density at radius 2 is 2.27 bits per heavy atom. The predicted molar refractivity (Wildman–Crippen MR) is 88.7 cm³/mol. The summed E-state index contributed by atoms with van der Waals surface area (Å²) in [5.74, 6) is 0.384. The van der Waals surface area contributed by atoms with Crippen LogP contribution in [0.3, 0.4) is 0 Å². The molecular weight excluding hydrogens is 316 g/mol. The third-order valence-electron chi connectivity index (χ3n) is 3.07. The van der Waals surface area contributed by atoms with Gasteiger partial charge in [0.1, 0.15) is 21.7 Å². The summed E-state index contributed by atoms with van der Waals surface area (Å²) in [5.41, 5.74) is 1.75. The van der Waals surface area contributed by atoms with Crippen LogP contribution in [0.4, 0.5) is 0 Å². The zero-order valence-electron chi connectivity index (χ0n) is 11.6. The first-order chi connectivity index (χ1) is 10.7. The minimum Gasteiger partial charge on any atom is -0.510 e. The standard InChI is InChI=1S/C15H12N4OS2/c1-9(22-15-17-6-7-21-15)13(20)10(8-16)14-18-11-4-2-3-5-12(11)19-14/h2-7,9,20H,1H3,(H,18,19). The highest BCUT2D eigenvalue weighted by molar-refractivity contribution is 8.01. The van der Waals surface area contributed by atoms with E-state index >= 15 is 0 Å². The van der Waals surface area contributed by atoms with Gasteiger partial charge in [-0.05, 0) is 19.1 Å². The lowest BCUT2D eigenvalue weighted by Crippen LogP contribution is -2.04. The highest BCUT2D eigenvalue weighted by Crippen LogP contribution is 2.31. The van der Waals surface area contributed by atoms with Crippen molar-refractivity contribution < 1.29 is 5.11 Å². The number of aliphatic hydroxyl groups excluding tert-OH is 1. The monoisotopic (exact) mass is 328 g/mol. The number of hydrogen-bond donors (Lipinski definition) is 2. The van der Waals surface area contributed by atoms with E-state index in [2.05, 4.69) is 15.0 Å². The number of rotatable bonds is 4. The molecule has 0 fully saturated rings. The van der Waals surface area contributed by atoms with Gasteiger partial charge in [-0.25, -0.2) is 9.97 Å². The molecule has 5 nitrogen and oxygen atoms in total. The fourth-order valence-electron chi connectivity index (χ4n) is 1.98. The quantitative estimate of drug-likeness (QED) is 0.429. The molecule has 1 unspecified atom stereocenters. The Kier molecular flexibility index (Phi) is 4.13. The number of aromatic nitrogens is 3. The Balaban J connectivity index is 1.95. The maximum absolute atomic E-state index is 10.4. The summed E-state index contributed by atoms with van der Waals surface area (Å²) in [5, 5.41) is 21.4. The molecule has 2 heterocycles. The number of thiazole rings is 1. The fraction of sp³-hybridized carbons (Fsp3) is 0.133. The molecule has 0 aliphatic heterocycles. The van der Waals surface area contributed by atoms with Gasteiger partial charge >= 0.3 is 0 Å². The number of nitrogens with one attached hydrogen (secondary N) is 1. The number of nitrogens with zero attached hydrogens (tertiary/aromatic N) is 3. The van der Waals surface area contributed by atoms with Crippen LogP contribution in [0, 0.1) is 11.3 Å². The number of benzene rings is 1. The van der Waals surface area contributed by atoms with Gasteiger partial charge in [-0.3, -0.25) is 0 Å². The molecule has 0 amide bonds. The molecule has 3 aromatic rings. The van der Waals surface area contributed by atoms with Crippen molar-refractivity contribution >= 4 is 39.7 Å². The third-order valence-corrected chi connectivity index (χ3v) is 5.09. The largest absolute Gasteiger partial charge is 0.510 e. The first kappa shape index (κ1) is 14.6. The Bertz CT molecular complexity index is 828. The molecule has 0 spiro atoms. The molecule has 1 atom stereocenters. The van der Waals surface area contributed by atoms with Crippen LogP contribution < -0.4 is 0 Å². The molecule has 110 valence electrons. The van der Waals surface area contributed by atoms with Gasteiger partial charge < -0.3 is 10.1 Å². The maximum Gasteiger partial charge on any atom is 0.152 e. The van der Waals surface area contributed by atoms with E-state index in [1.807, 2.05) is 42.6 Å². The van der Waals surface area contributed by atoms with Crippen molar-refractivity contribution in [2.75, 3.05) is 0 Å². The van der Waals surface area contributed by atoms with Crippen LogP contribution in [-0.4, -0.2) is 25.3 Å². The SMILES string of the molecule is CC(Sc1nccs1)C(O)=C(C#N)c1nc2ccccc2[nH]1. The smallest absolute Gasteiger partial charge is 0.152 e. The molecule has 0 aliphatic carbocycles. The molecule has 0 radical (unpaired) electrons. The van der Waals surface area contributed by atoms with Crippen molar-refractivity contribution in [3.8, 4) is 6.07 Å². The minimum atomic E-state index is -0.283. The second-order valence-corrected chi connectivity index (χ2v) is 7.02. The maximum atomic E-state index is 10.4. The van der Waals surface area contributed by atoms with Crippen molar-refractivity contribution in [3.63, 3.8) is 0 Å². The first-order valence-electron chi connectivity index (χ1n) is 6.53. The molecule has 2 N–H and O–H groups in total. The van der Waals surface area contributed by atoms with Crippen LogP contribution in [0.1, 0.15) is 12.7 Å². The zero-order valence-corrected chi connectivity index (χ0v) is 13.3. The summed E-state index contributed by atoms with van der Waals surface area (Å²) in [6.45, 7) is 1.83. The van der Waals surface area contributed by atoms with Crippen LogP contribution in [-0.2, 0) is 0 Å². The van der Waals surface area contributed by atoms with Crippen LogP contribution in [0.2, 0.25) is 0 Å².